The number of ketones is 2. The molecule has 0 spiro atoms. The fourth-order valence-corrected chi connectivity index (χ4v) is 6.05. The van der Waals surface area contributed by atoms with Crippen LogP contribution in [0.3, 0.4) is 0 Å². The van der Waals surface area contributed by atoms with Gasteiger partial charge in [-0.3, -0.25) is 23.7 Å². The van der Waals surface area contributed by atoms with Gasteiger partial charge in [0.05, 0.1) is 0 Å². The zero-order chi connectivity index (χ0) is 31.7. The van der Waals surface area contributed by atoms with Crippen LogP contribution < -0.4 is 10.6 Å². The number of amides is 2. The molecule has 1 unspecified atom stereocenters. The lowest BCUT2D eigenvalue weighted by atomic mass is 10.2. The summed E-state index contributed by atoms with van der Waals surface area (Å²) in [6.07, 6.45) is -0.462. The van der Waals surface area contributed by atoms with Gasteiger partial charge in [0.1, 0.15) is 12.4 Å². The van der Waals surface area contributed by atoms with Crippen molar-refractivity contribution < 1.29 is 38.2 Å². The number of alkyl halides is 2. The summed E-state index contributed by atoms with van der Waals surface area (Å²) in [5, 5.41) is 5.50. The maximum atomic E-state index is 13.9. The molecule has 0 aromatic heterocycles. The van der Waals surface area contributed by atoms with Crippen LogP contribution in [0.2, 0.25) is 0 Å². The lowest BCUT2D eigenvalue weighted by Crippen LogP contribution is -2.43. The van der Waals surface area contributed by atoms with Gasteiger partial charge in [-0.2, -0.15) is 0 Å². The van der Waals surface area contributed by atoms with E-state index < -0.39 is 25.8 Å². The molecule has 0 heterocycles. The monoisotopic (exact) mass is 834 g/mol. The number of hydrogen-bond donors (Lipinski definition) is 3. The Morgan fingerprint density at radius 1 is 0.857 bits per heavy atom. The third-order valence-electron chi connectivity index (χ3n) is 6.19. The summed E-state index contributed by atoms with van der Waals surface area (Å²) < 4.78 is 22.5. The maximum Gasteiger partial charge on any atom is 0.374 e. The molecule has 0 saturated carbocycles. The molecule has 0 aliphatic carbocycles. The van der Waals surface area contributed by atoms with Crippen molar-refractivity contribution >= 4 is 82.2 Å². The average Bonchev–Trinajstić information content (AvgIpc) is 2.97. The molecular weight excluding hydrogens is 793 g/mol. The molecular formula is C27H41I2N4O8P. The lowest BCUT2D eigenvalue weighted by molar-refractivity contribution is -0.155. The molecule has 0 aliphatic rings. The first-order valence-electron chi connectivity index (χ1n) is 13.6. The number of carbonyl (C=O) groups is 5. The second kappa shape index (κ2) is 20.5. The van der Waals surface area contributed by atoms with Crippen molar-refractivity contribution in [3.63, 3.8) is 0 Å². The molecule has 2 amide bonds. The normalized spacial score (nSPS) is 14.1. The summed E-state index contributed by atoms with van der Waals surface area (Å²) >= 11 is 4.20. The lowest BCUT2D eigenvalue weighted by Gasteiger charge is -2.35. The van der Waals surface area contributed by atoms with Crippen LogP contribution in [0.1, 0.15) is 39.2 Å². The Morgan fingerprint density at radius 3 is 1.81 bits per heavy atom. The molecule has 0 saturated heterocycles. The first-order valence-corrected chi connectivity index (χ1v) is 18.2. The Morgan fingerprint density at radius 2 is 1.33 bits per heavy atom. The molecule has 236 valence electrons. The van der Waals surface area contributed by atoms with E-state index in [1.807, 2.05) is 0 Å². The standard InChI is InChI=1S/C27H41I2N4O8P/c1-20(17-28)25(36)30-11-15-33(16-12-31-26(37)21(2)18-29)42(39,40)32(13-9-22(3)34)14-10-24(35)27(38)41-19-23-7-5-4-6-8-23/h4-8,20-21H,9-19H2,1-3H3,(H,30,36)(H,31,37)(H,39,40)/t20-,21-/m0/s1. The summed E-state index contributed by atoms with van der Waals surface area (Å²) in [6.45, 7) is 4.44. The molecule has 1 aromatic carbocycles. The molecule has 0 bridgehead atoms. The fraction of sp³-hybridized carbons (Fsp3) is 0.593. The van der Waals surface area contributed by atoms with Gasteiger partial charge in [0.15, 0.2) is 0 Å². The molecule has 12 nitrogen and oxygen atoms in total. The van der Waals surface area contributed by atoms with Crippen LogP contribution in [0.4, 0.5) is 0 Å². The van der Waals surface area contributed by atoms with E-state index in [0.717, 1.165) is 4.67 Å². The number of rotatable bonds is 21. The van der Waals surface area contributed by atoms with Crippen molar-refractivity contribution in [2.24, 2.45) is 11.8 Å². The largest absolute Gasteiger partial charge is 0.455 e. The molecule has 3 N–H and O–H groups in total. The van der Waals surface area contributed by atoms with Crippen molar-refractivity contribution in [1.82, 2.24) is 20.0 Å². The Balaban J connectivity index is 3.00. The zero-order valence-electron chi connectivity index (χ0n) is 24.2. The van der Waals surface area contributed by atoms with Crippen LogP contribution in [-0.2, 0) is 39.9 Å². The van der Waals surface area contributed by atoms with Crippen LogP contribution >= 0.6 is 52.9 Å². The van der Waals surface area contributed by atoms with Crippen LogP contribution in [0, 0.1) is 11.8 Å². The van der Waals surface area contributed by atoms with Gasteiger partial charge in [-0.15, -0.1) is 0 Å². The van der Waals surface area contributed by atoms with Crippen molar-refractivity contribution in [1.29, 1.82) is 0 Å². The van der Waals surface area contributed by atoms with E-state index in [4.69, 9.17) is 4.74 Å². The van der Waals surface area contributed by atoms with Gasteiger partial charge in [-0.25, -0.2) is 14.1 Å². The van der Waals surface area contributed by atoms with Gasteiger partial charge >= 0.3 is 13.6 Å². The highest BCUT2D eigenvalue weighted by Crippen LogP contribution is 2.48. The van der Waals surface area contributed by atoms with Crippen LogP contribution in [0.15, 0.2) is 30.3 Å². The molecule has 0 aliphatic heterocycles. The Kier molecular flexibility index (Phi) is 18.8. The Hall–Kier alpha value is -1.46. The number of esters is 1. The van der Waals surface area contributed by atoms with E-state index in [2.05, 4.69) is 55.8 Å². The summed E-state index contributed by atoms with van der Waals surface area (Å²) in [6, 6.07) is 8.84. The number of Topliss-reactive ketones (excluding diaryl/α,β-unsaturated/α-hetero) is 2. The van der Waals surface area contributed by atoms with Gasteiger partial charge in [-0.05, 0) is 12.5 Å². The second-order valence-electron chi connectivity index (χ2n) is 9.80. The van der Waals surface area contributed by atoms with Crippen LogP contribution in [-0.4, -0.2) is 91.7 Å². The summed E-state index contributed by atoms with van der Waals surface area (Å²) in [7, 11) is -4.40. The van der Waals surface area contributed by atoms with Crippen LogP contribution in [0.5, 0.6) is 0 Å². The minimum atomic E-state index is -4.40. The number of nitrogens with zero attached hydrogens (tertiary/aromatic N) is 2. The van der Waals surface area contributed by atoms with Gasteiger partial charge in [0.2, 0.25) is 17.6 Å². The number of nitrogens with one attached hydrogen (secondary N) is 2. The van der Waals surface area contributed by atoms with Gasteiger partial charge in [-0.1, -0.05) is 89.4 Å². The topological polar surface area (TPSA) is 162 Å². The van der Waals surface area contributed by atoms with Crippen molar-refractivity contribution in [3.8, 4) is 0 Å². The second-order valence-corrected chi connectivity index (χ2v) is 13.7. The van der Waals surface area contributed by atoms with E-state index in [1.165, 1.54) is 11.6 Å². The van der Waals surface area contributed by atoms with Crippen molar-refractivity contribution in [2.45, 2.75) is 40.2 Å². The summed E-state index contributed by atoms with van der Waals surface area (Å²) in [4.78, 5) is 72.4. The molecule has 1 aromatic rings. The first-order chi connectivity index (χ1) is 19.8. The third kappa shape index (κ3) is 14.3. The van der Waals surface area contributed by atoms with E-state index >= 15 is 0 Å². The van der Waals surface area contributed by atoms with E-state index in [9.17, 15) is 33.4 Å². The Bertz CT molecular complexity index is 1070. The fourth-order valence-electron chi connectivity index (χ4n) is 3.45. The number of halogens is 2. The number of ether oxygens (including phenoxy) is 1. The average molecular weight is 834 g/mol. The van der Waals surface area contributed by atoms with Crippen LogP contribution in [0.25, 0.3) is 0 Å². The predicted octanol–water partition coefficient (Wildman–Crippen LogP) is 2.75. The molecule has 0 radical (unpaired) electrons. The van der Waals surface area contributed by atoms with Gasteiger partial charge < -0.3 is 20.3 Å². The summed E-state index contributed by atoms with van der Waals surface area (Å²) in [5.74, 6) is -3.04. The zero-order valence-corrected chi connectivity index (χ0v) is 29.4. The van der Waals surface area contributed by atoms with Gasteiger partial charge in [0.25, 0.3) is 0 Å². The third-order valence-corrected chi connectivity index (χ3v) is 11.1. The van der Waals surface area contributed by atoms with Crippen molar-refractivity contribution in [3.05, 3.63) is 35.9 Å². The molecule has 0 fully saturated rings. The first kappa shape index (κ1) is 38.6. The minimum Gasteiger partial charge on any atom is -0.455 e. The molecule has 42 heavy (non-hydrogen) atoms. The number of carbonyl (C=O) groups excluding carboxylic acids is 5. The highest BCUT2D eigenvalue weighted by atomic mass is 127. The molecule has 15 heteroatoms. The quantitative estimate of drug-likeness (QED) is 0.0553. The summed E-state index contributed by atoms with van der Waals surface area (Å²) in [5.41, 5.74) is 0.706. The van der Waals surface area contributed by atoms with Crippen molar-refractivity contribution in [2.75, 3.05) is 48.1 Å². The number of hydrogen-bond acceptors (Lipinski definition) is 7. The smallest absolute Gasteiger partial charge is 0.374 e. The SMILES string of the molecule is CC(=O)CCN(CCC(=O)C(=O)OCc1ccccc1)P(=O)(O)N(CCNC(=O)[C@@H](C)CI)CCNC(=O)[C@@H](C)CI. The van der Waals surface area contributed by atoms with E-state index in [1.54, 1.807) is 44.2 Å². The highest BCUT2D eigenvalue weighted by molar-refractivity contribution is 14.1. The Labute approximate surface area is 274 Å². The van der Waals surface area contributed by atoms with Gasteiger partial charge in [0, 0.05) is 72.8 Å². The molecule has 1 rings (SSSR count). The minimum absolute atomic E-state index is 0.0329. The molecule has 3 atom stereocenters. The van der Waals surface area contributed by atoms with E-state index in [-0.39, 0.29) is 81.7 Å². The highest BCUT2D eigenvalue weighted by Gasteiger charge is 2.36. The number of benzene rings is 1. The maximum absolute atomic E-state index is 13.9. The predicted molar refractivity (Wildman–Crippen MR) is 176 cm³/mol. The van der Waals surface area contributed by atoms with E-state index in [0.29, 0.717) is 14.4 Å².